The first-order valence-electron chi connectivity index (χ1n) is 3.13. The van der Waals surface area contributed by atoms with Crippen molar-refractivity contribution in [3.05, 3.63) is 29.8 Å². The van der Waals surface area contributed by atoms with Gasteiger partial charge in [-0.15, -0.1) is 0 Å². The van der Waals surface area contributed by atoms with Gasteiger partial charge < -0.3 is 10.0 Å². The van der Waals surface area contributed by atoms with Crippen LogP contribution in [0.5, 0.6) is 0 Å². The maximum atomic E-state index is 8.67. The number of hydrogen-bond acceptors (Lipinski definition) is 2. The summed E-state index contributed by atoms with van der Waals surface area (Å²) in [5, 5.41) is 17.3. The first-order chi connectivity index (χ1) is 4.70. The van der Waals surface area contributed by atoms with Gasteiger partial charge in [-0.2, -0.15) is 0 Å². The molecular weight excluding hydrogens is 127 g/mol. The van der Waals surface area contributed by atoms with Gasteiger partial charge in [-0.1, -0.05) is 29.8 Å². The van der Waals surface area contributed by atoms with Gasteiger partial charge in [0.2, 0.25) is 0 Å². The van der Waals surface area contributed by atoms with Gasteiger partial charge in [0.1, 0.15) is 0 Å². The zero-order chi connectivity index (χ0) is 7.56. The fourth-order valence-electron chi connectivity index (χ4n) is 0.739. The third-order valence-corrected chi connectivity index (χ3v) is 1.38. The van der Waals surface area contributed by atoms with E-state index in [0.717, 1.165) is 5.56 Å². The number of rotatable bonds is 1. The van der Waals surface area contributed by atoms with Crippen molar-refractivity contribution in [1.82, 2.24) is 0 Å². The van der Waals surface area contributed by atoms with Crippen molar-refractivity contribution in [2.45, 2.75) is 6.92 Å². The summed E-state index contributed by atoms with van der Waals surface area (Å²) >= 11 is 0. The average Bonchev–Trinajstić information content (AvgIpc) is 1.88. The van der Waals surface area contributed by atoms with E-state index in [9.17, 15) is 0 Å². The lowest BCUT2D eigenvalue weighted by Crippen LogP contribution is -2.29. The molecule has 0 fully saturated rings. The molecule has 1 aromatic carbocycles. The SMILES string of the molecule is Cc1ccc(B(O)O)cc1.[HH].[HH]. The van der Waals surface area contributed by atoms with Crippen molar-refractivity contribution >= 4 is 12.6 Å². The lowest BCUT2D eigenvalue weighted by Gasteiger charge is -1.97. The van der Waals surface area contributed by atoms with Crippen molar-refractivity contribution in [1.29, 1.82) is 0 Å². The lowest BCUT2D eigenvalue weighted by molar-refractivity contribution is 0.426. The third-order valence-electron chi connectivity index (χ3n) is 1.38. The van der Waals surface area contributed by atoms with E-state index in [1.54, 1.807) is 12.1 Å². The molecule has 1 aromatic rings. The molecule has 0 aliphatic heterocycles. The van der Waals surface area contributed by atoms with Crippen LogP contribution >= 0.6 is 0 Å². The largest absolute Gasteiger partial charge is 0.488 e. The second-order valence-electron chi connectivity index (χ2n) is 2.28. The van der Waals surface area contributed by atoms with Gasteiger partial charge in [0, 0.05) is 2.85 Å². The van der Waals surface area contributed by atoms with Crippen molar-refractivity contribution in [2.24, 2.45) is 0 Å². The number of aryl methyl sites for hydroxylation is 1. The zero-order valence-electron chi connectivity index (χ0n) is 5.78. The molecule has 0 radical (unpaired) electrons. The summed E-state index contributed by atoms with van der Waals surface area (Å²) in [7, 11) is -1.35. The van der Waals surface area contributed by atoms with Crippen LogP contribution in [-0.2, 0) is 0 Å². The molecule has 0 spiro atoms. The van der Waals surface area contributed by atoms with E-state index in [1.165, 1.54) is 0 Å². The predicted octanol–water partition coefficient (Wildman–Crippen LogP) is 0.167. The first-order valence-corrected chi connectivity index (χ1v) is 3.13. The molecule has 0 saturated carbocycles. The van der Waals surface area contributed by atoms with Crippen LogP contribution < -0.4 is 5.46 Å². The van der Waals surface area contributed by atoms with E-state index in [-0.39, 0.29) is 2.85 Å². The van der Waals surface area contributed by atoms with Gasteiger partial charge in [0.05, 0.1) is 0 Å². The van der Waals surface area contributed by atoms with Crippen LogP contribution in [-0.4, -0.2) is 17.2 Å². The standard InChI is InChI=1S/C7H9BO2.2H2/c1-6-2-4-7(5-3-6)8(9)10;;/h2-5,9-10H,1H3;2*1H. The molecule has 0 unspecified atom stereocenters. The van der Waals surface area contributed by atoms with Crippen LogP contribution in [0.1, 0.15) is 8.42 Å². The van der Waals surface area contributed by atoms with E-state index >= 15 is 0 Å². The zero-order valence-corrected chi connectivity index (χ0v) is 5.78. The Morgan fingerprint density at radius 1 is 1.20 bits per heavy atom. The maximum Gasteiger partial charge on any atom is 0.488 e. The van der Waals surface area contributed by atoms with Crippen molar-refractivity contribution < 1.29 is 12.9 Å². The van der Waals surface area contributed by atoms with Crippen molar-refractivity contribution in [3.8, 4) is 0 Å². The summed E-state index contributed by atoms with van der Waals surface area (Å²) in [6.07, 6.45) is 0. The molecule has 0 heterocycles. The highest BCUT2D eigenvalue weighted by molar-refractivity contribution is 6.58. The number of hydrogen-bond donors (Lipinski definition) is 2. The highest BCUT2D eigenvalue weighted by Gasteiger charge is 2.08. The van der Waals surface area contributed by atoms with Crippen LogP contribution in [0, 0.1) is 6.92 Å². The highest BCUT2D eigenvalue weighted by Crippen LogP contribution is 1.92. The van der Waals surface area contributed by atoms with Gasteiger partial charge in [0.15, 0.2) is 0 Å². The molecule has 0 atom stereocenters. The minimum Gasteiger partial charge on any atom is -0.423 e. The minimum atomic E-state index is -1.35. The molecular formula is C7H13BO2. The van der Waals surface area contributed by atoms with Crippen LogP contribution in [0.15, 0.2) is 24.3 Å². The molecule has 0 aliphatic rings. The van der Waals surface area contributed by atoms with Crippen LogP contribution in [0.3, 0.4) is 0 Å². The monoisotopic (exact) mass is 140 g/mol. The van der Waals surface area contributed by atoms with E-state index in [2.05, 4.69) is 0 Å². The topological polar surface area (TPSA) is 40.5 Å². The second-order valence-corrected chi connectivity index (χ2v) is 2.28. The minimum absolute atomic E-state index is 0. The molecule has 10 heavy (non-hydrogen) atoms. The van der Waals surface area contributed by atoms with Gasteiger partial charge in [0.25, 0.3) is 0 Å². The summed E-state index contributed by atoms with van der Waals surface area (Å²) in [5.74, 6) is 0. The fourth-order valence-corrected chi connectivity index (χ4v) is 0.739. The maximum absolute atomic E-state index is 8.67. The fraction of sp³-hybridized carbons (Fsp3) is 0.143. The quantitative estimate of drug-likeness (QED) is 0.545. The van der Waals surface area contributed by atoms with Crippen molar-refractivity contribution in [2.75, 3.05) is 0 Å². The van der Waals surface area contributed by atoms with Crippen molar-refractivity contribution in [3.63, 3.8) is 0 Å². The molecule has 0 bridgehead atoms. The molecule has 0 aliphatic carbocycles. The summed E-state index contributed by atoms with van der Waals surface area (Å²) in [5.41, 5.74) is 1.65. The second kappa shape index (κ2) is 2.86. The smallest absolute Gasteiger partial charge is 0.423 e. The van der Waals surface area contributed by atoms with Gasteiger partial charge >= 0.3 is 7.12 Å². The Morgan fingerprint density at radius 3 is 2.10 bits per heavy atom. The molecule has 0 aromatic heterocycles. The summed E-state index contributed by atoms with van der Waals surface area (Å²) in [6.45, 7) is 1.95. The first kappa shape index (κ1) is 7.31. The predicted molar refractivity (Wildman–Crippen MR) is 45.2 cm³/mol. The average molecular weight is 140 g/mol. The Morgan fingerprint density at radius 2 is 1.70 bits per heavy atom. The third kappa shape index (κ3) is 1.59. The summed E-state index contributed by atoms with van der Waals surface area (Å²) in [4.78, 5) is 0. The van der Waals surface area contributed by atoms with Gasteiger partial charge in [-0.25, -0.2) is 0 Å². The molecule has 56 valence electrons. The Hall–Kier alpha value is -0.795. The van der Waals surface area contributed by atoms with Gasteiger partial charge in [-0.3, -0.25) is 0 Å². The molecule has 2 N–H and O–H groups in total. The molecule has 1 rings (SSSR count). The molecule has 3 heteroatoms. The van der Waals surface area contributed by atoms with E-state index in [4.69, 9.17) is 10.0 Å². The lowest BCUT2D eigenvalue weighted by atomic mass is 9.80. The summed E-state index contributed by atoms with van der Waals surface area (Å²) < 4.78 is 0. The highest BCUT2D eigenvalue weighted by atomic mass is 16.4. The van der Waals surface area contributed by atoms with E-state index in [1.807, 2.05) is 19.1 Å². The Kier molecular flexibility index (Phi) is 2.09. The van der Waals surface area contributed by atoms with E-state index in [0.29, 0.717) is 5.46 Å². The molecule has 2 nitrogen and oxygen atoms in total. The van der Waals surface area contributed by atoms with Crippen LogP contribution in [0.4, 0.5) is 0 Å². The Balaban J connectivity index is 0. The van der Waals surface area contributed by atoms with Gasteiger partial charge in [-0.05, 0) is 12.4 Å². The molecule has 0 saturated heterocycles. The summed E-state index contributed by atoms with van der Waals surface area (Å²) in [6, 6.07) is 7.07. The number of benzene rings is 1. The van der Waals surface area contributed by atoms with E-state index < -0.39 is 7.12 Å². The Labute approximate surface area is 63.2 Å². The van der Waals surface area contributed by atoms with Crippen LogP contribution in [0.2, 0.25) is 0 Å². The Bertz CT molecular complexity index is 213. The molecule has 0 amide bonds. The normalized spacial score (nSPS) is 9.50. The van der Waals surface area contributed by atoms with Crippen LogP contribution in [0.25, 0.3) is 0 Å².